The van der Waals surface area contributed by atoms with E-state index in [0.717, 1.165) is 13.1 Å². The number of carboxylic acid groups (broad SMARTS) is 1. The minimum Gasteiger partial charge on any atom is -0.481 e. The van der Waals surface area contributed by atoms with E-state index >= 15 is 0 Å². The SMILES string of the molecule is CN1CCC(O)(C2(C(=O)O)CCOC2)CC1. The van der Waals surface area contributed by atoms with Crippen LogP contribution in [0.2, 0.25) is 0 Å². The minimum atomic E-state index is -1.11. The van der Waals surface area contributed by atoms with Crippen LogP contribution in [-0.2, 0) is 9.53 Å². The highest BCUT2D eigenvalue weighted by Crippen LogP contribution is 2.45. The zero-order chi connectivity index (χ0) is 11.8. The van der Waals surface area contributed by atoms with Crippen LogP contribution in [0.1, 0.15) is 19.3 Å². The molecule has 0 aromatic carbocycles. The Balaban J connectivity index is 2.22. The summed E-state index contributed by atoms with van der Waals surface area (Å²) >= 11 is 0. The predicted molar refractivity (Wildman–Crippen MR) is 57.2 cm³/mol. The fourth-order valence-corrected chi connectivity index (χ4v) is 2.77. The first kappa shape index (κ1) is 11.8. The van der Waals surface area contributed by atoms with Gasteiger partial charge in [-0.3, -0.25) is 4.79 Å². The Morgan fingerprint density at radius 1 is 1.31 bits per heavy atom. The van der Waals surface area contributed by atoms with Crippen molar-refractivity contribution in [3.63, 3.8) is 0 Å². The van der Waals surface area contributed by atoms with Gasteiger partial charge in [-0.15, -0.1) is 0 Å². The van der Waals surface area contributed by atoms with Crippen molar-refractivity contribution in [1.82, 2.24) is 4.90 Å². The summed E-state index contributed by atoms with van der Waals surface area (Å²) in [5.74, 6) is -0.919. The number of aliphatic hydroxyl groups is 1. The third kappa shape index (κ3) is 1.63. The Morgan fingerprint density at radius 2 is 1.94 bits per heavy atom. The average molecular weight is 229 g/mol. The van der Waals surface area contributed by atoms with Gasteiger partial charge in [0.15, 0.2) is 0 Å². The molecule has 2 heterocycles. The van der Waals surface area contributed by atoms with E-state index in [2.05, 4.69) is 4.90 Å². The highest BCUT2D eigenvalue weighted by molar-refractivity contribution is 5.77. The lowest BCUT2D eigenvalue weighted by Gasteiger charge is -2.45. The second-order valence-electron chi connectivity index (χ2n) is 5.02. The molecule has 0 aliphatic carbocycles. The van der Waals surface area contributed by atoms with Crippen molar-refractivity contribution < 1.29 is 19.7 Å². The molecule has 0 spiro atoms. The molecule has 2 saturated heterocycles. The summed E-state index contributed by atoms with van der Waals surface area (Å²) in [5, 5.41) is 20.0. The molecular weight excluding hydrogens is 210 g/mol. The molecule has 0 aromatic rings. The van der Waals surface area contributed by atoms with Gasteiger partial charge in [0.25, 0.3) is 0 Å². The topological polar surface area (TPSA) is 70.0 Å². The predicted octanol–water partition coefficient (Wildman–Crippen LogP) is -0.0656. The van der Waals surface area contributed by atoms with Crippen LogP contribution in [0.3, 0.4) is 0 Å². The number of hydrogen-bond donors (Lipinski definition) is 2. The Hall–Kier alpha value is -0.650. The molecule has 2 aliphatic heterocycles. The van der Waals surface area contributed by atoms with Crippen molar-refractivity contribution in [2.75, 3.05) is 33.4 Å². The summed E-state index contributed by atoms with van der Waals surface area (Å²) in [6.45, 7) is 2.06. The Bertz CT molecular complexity index is 278. The maximum atomic E-state index is 11.5. The van der Waals surface area contributed by atoms with Crippen LogP contribution in [0.15, 0.2) is 0 Å². The smallest absolute Gasteiger partial charge is 0.315 e. The summed E-state index contributed by atoms with van der Waals surface area (Å²) in [4.78, 5) is 13.6. The molecule has 0 saturated carbocycles. The summed E-state index contributed by atoms with van der Waals surface area (Å²) in [7, 11) is 1.98. The number of nitrogens with zero attached hydrogens (tertiary/aromatic N) is 1. The van der Waals surface area contributed by atoms with E-state index in [1.54, 1.807) is 0 Å². The van der Waals surface area contributed by atoms with Gasteiger partial charge in [0.1, 0.15) is 5.41 Å². The van der Waals surface area contributed by atoms with E-state index in [4.69, 9.17) is 4.74 Å². The van der Waals surface area contributed by atoms with Gasteiger partial charge in [-0.05, 0) is 26.3 Å². The second-order valence-corrected chi connectivity index (χ2v) is 5.02. The van der Waals surface area contributed by atoms with Crippen molar-refractivity contribution >= 4 is 5.97 Å². The number of carboxylic acids is 1. The quantitative estimate of drug-likeness (QED) is 0.694. The summed E-state index contributed by atoms with van der Waals surface area (Å²) in [6.07, 6.45) is 1.45. The van der Waals surface area contributed by atoms with Crippen molar-refractivity contribution in [3.8, 4) is 0 Å². The molecule has 5 heteroatoms. The van der Waals surface area contributed by atoms with Crippen LogP contribution in [0.25, 0.3) is 0 Å². The van der Waals surface area contributed by atoms with Gasteiger partial charge in [0, 0.05) is 19.7 Å². The lowest BCUT2D eigenvalue weighted by molar-refractivity contribution is -0.176. The standard InChI is InChI=1S/C11H19NO4/c1-12-5-2-11(15,3-6-12)10(9(13)14)4-7-16-8-10/h15H,2-8H2,1H3,(H,13,14). The zero-order valence-electron chi connectivity index (χ0n) is 9.61. The molecule has 16 heavy (non-hydrogen) atoms. The van der Waals surface area contributed by atoms with E-state index in [9.17, 15) is 15.0 Å². The molecule has 92 valence electrons. The lowest BCUT2D eigenvalue weighted by Crippen LogP contribution is -2.58. The van der Waals surface area contributed by atoms with Crippen LogP contribution in [0, 0.1) is 5.41 Å². The molecule has 0 amide bonds. The number of rotatable bonds is 2. The van der Waals surface area contributed by atoms with Gasteiger partial charge in [-0.2, -0.15) is 0 Å². The third-order valence-corrected chi connectivity index (χ3v) is 4.14. The highest BCUT2D eigenvalue weighted by Gasteiger charge is 2.58. The van der Waals surface area contributed by atoms with E-state index in [-0.39, 0.29) is 6.61 Å². The average Bonchev–Trinajstić information content (AvgIpc) is 2.73. The number of aliphatic carboxylic acids is 1. The Morgan fingerprint density at radius 3 is 2.38 bits per heavy atom. The number of hydrogen-bond acceptors (Lipinski definition) is 4. The minimum absolute atomic E-state index is 0.141. The van der Waals surface area contributed by atoms with Crippen LogP contribution in [0.5, 0.6) is 0 Å². The van der Waals surface area contributed by atoms with E-state index in [0.29, 0.717) is 25.9 Å². The van der Waals surface area contributed by atoms with Gasteiger partial charge < -0.3 is 19.8 Å². The van der Waals surface area contributed by atoms with Crippen LogP contribution >= 0.6 is 0 Å². The van der Waals surface area contributed by atoms with Gasteiger partial charge in [0.05, 0.1) is 12.2 Å². The van der Waals surface area contributed by atoms with Gasteiger partial charge in [-0.25, -0.2) is 0 Å². The number of carbonyl (C=O) groups is 1. The number of likely N-dealkylation sites (tertiary alicyclic amines) is 1. The van der Waals surface area contributed by atoms with Crippen molar-refractivity contribution in [2.45, 2.75) is 24.9 Å². The zero-order valence-corrected chi connectivity index (χ0v) is 9.61. The highest BCUT2D eigenvalue weighted by atomic mass is 16.5. The van der Waals surface area contributed by atoms with Crippen molar-refractivity contribution in [3.05, 3.63) is 0 Å². The molecule has 5 nitrogen and oxygen atoms in total. The molecule has 1 atom stereocenters. The molecule has 2 rings (SSSR count). The molecular formula is C11H19NO4. The third-order valence-electron chi connectivity index (χ3n) is 4.14. The normalized spacial score (nSPS) is 35.1. The first-order valence-electron chi connectivity index (χ1n) is 5.72. The molecule has 2 N–H and O–H groups in total. The fourth-order valence-electron chi connectivity index (χ4n) is 2.77. The maximum Gasteiger partial charge on any atom is 0.315 e. The molecule has 2 aliphatic rings. The van der Waals surface area contributed by atoms with Gasteiger partial charge >= 0.3 is 5.97 Å². The van der Waals surface area contributed by atoms with Crippen LogP contribution in [0.4, 0.5) is 0 Å². The monoisotopic (exact) mass is 229 g/mol. The van der Waals surface area contributed by atoms with Crippen molar-refractivity contribution in [1.29, 1.82) is 0 Å². The molecule has 0 aromatic heterocycles. The number of ether oxygens (including phenoxy) is 1. The summed E-state index contributed by atoms with van der Waals surface area (Å²) in [5.41, 5.74) is -2.20. The largest absolute Gasteiger partial charge is 0.481 e. The van der Waals surface area contributed by atoms with Gasteiger partial charge in [-0.1, -0.05) is 0 Å². The van der Waals surface area contributed by atoms with E-state index in [1.807, 2.05) is 7.05 Å². The van der Waals surface area contributed by atoms with E-state index in [1.165, 1.54) is 0 Å². The Labute approximate surface area is 95.0 Å². The van der Waals surface area contributed by atoms with Crippen molar-refractivity contribution in [2.24, 2.45) is 5.41 Å². The van der Waals surface area contributed by atoms with Crippen LogP contribution in [-0.4, -0.2) is 60.0 Å². The fraction of sp³-hybridized carbons (Fsp3) is 0.909. The molecule has 1 unspecified atom stereocenters. The first-order chi connectivity index (χ1) is 7.50. The lowest BCUT2D eigenvalue weighted by atomic mass is 9.66. The summed E-state index contributed by atoms with van der Waals surface area (Å²) in [6, 6.07) is 0. The molecule has 0 bridgehead atoms. The van der Waals surface area contributed by atoms with Gasteiger partial charge in [0.2, 0.25) is 0 Å². The molecule has 0 radical (unpaired) electrons. The Kier molecular flexibility index (Phi) is 2.94. The second kappa shape index (κ2) is 3.98. The maximum absolute atomic E-state index is 11.5. The number of piperidine rings is 1. The van der Waals surface area contributed by atoms with Crippen LogP contribution < -0.4 is 0 Å². The summed E-state index contributed by atoms with van der Waals surface area (Å²) < 4.78 is 5.21. The first-order valence-corrected chi connectivity index (χ1v) is 5.72. The molecule has 2 fully saturated rings. The van der Waals surface area contributed by atoms with E-state index < -0.39 is 17.0 Å².